The van der Waals surface area contributed by atoms with Crippen molar-refractivity contribution in [3.63, 3.8) is 0 Å². The number of carboxylic acid groups (broad SMARTS) is 1. The van der Waals surface area contributed by atoms with Crippen molar-refractivity contribution >= 4 is 18.0 Å². The van der Waals surface area contributed by atoms with Crippen LogP contribution in [0.5, 0.6) is 0 Å². The Labute approximate surface area is 204 Å². The van der Waals surface area contributed by atoms with Gasteiger partial charge in [-0.1, -0.05) is 48.5 Å². The Bertz CT molecular complexity index is 1150. The van der Waals surface area contributed by atoms with E-state index in [-0.39, 0.29) is 30.4 Å². The summed E-state index contributed by atoms with van der Waals surface area (Å²) in [7, 11) is 0. The molecule has 7 nitrogen and oxygen atoms in total. The van der Waals surface area contributed by atoms with Gasteiger partial charge in [0, 0.05) is 25.0 Å². The zero-order chi connectivity index (χ0) is 24.2. The number of likely N-dealkylation sites (tertiary alicyclic amines) is 1. The van der Waals surface area contributed by atoms with Crippen molar-refractivity contribution in [2.75, 3.05) is 19.7 Å². The Morgan fingerprint density at radius 3 is 2.40 bits per heavy atom. The summed E-state index contributed by atoms with van der Waals surface area (Å²) in [5.41, 5.74) is 4.30. The summed E-state index contributed by atoms with van der Waals surface area (Å²) in [6, 6.07) is 16.4. The number of rotatable bonds is 5. The van der Waals surface area contributed by atoms with Crippen LogP contribution in [-0.2, 0) is 14.3 Å². The van der Waals surface area contributed by atoms with E-state index in [2.05, 4.69) is 29.6 Å². The van der Waals surface area contributed by atoms with Crippen LogP contribution in [0.2, 0.25) is 0 Å². The van der Waals surface area contributed by atoms with Crippen LogP contribution in [0.1, 0.15) is 49.1 Å². The lowest BCUT2D eigenvalue weighted by Gasteiger charge is -2.33. The summed E-state index contributed by atoms with van der Waals surface area (Å²) < 4.78 is 5.69. The molecule has 7 heteroatoms. The van der Waals surface area contributed by atoms with Gasteiger partial charge in [-0.05, 0) is 60.3 Å². The smallest absolute Gasteiger partial charge is 0.407 e. The van der Waals surface area contributed by atoms with Gasteiger partial charge in [-0.2, -0.15) is 0 Å². The van der Waals surface area contributed by atoms with Crippen LogP contribution < -0.4 is 5.32 Å². The predicted molar refractivity (Wildman–Crippen MR) is 129 cm³/mol. The molecule has 3 aliphatic carbocycles. The van der Waals surface area contributed by atoms with Crippen LogP contribution in [0.3, 0.4) is 0 Å². The number of hydrogen-bond acceptors (Lipinski definition) is 4. The molecule has 2 aromatic carbocycles. The molecule has 0 spiro atoms. The standard InChI is InChI=1S/C28H30N2O5/c31-25(32)17-6-5-11-30(15-17)26(33)28-13-18(28)12-19(14-28)29-27(34)35-16-24-22-9-3-1-7-20(22)21-8-2-4-10-23(21)24/h1-4,7-10,17-19,24H,5-6,11-16H2,(H,29,34)(H,31,32)/t17-,18+,19-,28-/m1/s1. The van der Waals surface area contributed by atoms with E-state index in [1.54, 1.807) is 4.90 Å². The number of alkyl carbamates (subject to hydrolysis) is 1. The molecule has 3 fully saturated rings. The Morgan fingerprint density at radius 2 is 1.71 bits per heavy atom. The number of ether oxygens (including phenoxy) is 1. The second kappa shape index (κ2) is 8.40. The molecule has 0 radical (unpaired) electrons. The van der Waals surface area contributed by atoms with Crippen molar-refractivity contribution in [3.05, 3.63) is 59.7 Å². The van der Waals surface area contributed by atoms with E-state index in [1.807, 2.05) is 24.3 Å². The minimum atomic E-state index is -0.825. The Hall–Kier alpha value is -3.35. The largest absolute Gasteiger partial charge is 0.481 e. The van der Waals surface area contributed by atoms with Crippen molar-refractivity contribution in [3.8, 4) is 11.1 Å². The van der Waals surface area contributed by atoms with Crippen LogP contribution >= 0.6 is 0 Å². The molecular weight excluding hydrogens is 444 g/mol. The van der Waals surface area contributed by atoms with E-state index in [9.17, 15) is 19.5 Å². The predicted octanol–water partition coefficient (Wildman–Crippen LogP) is 4.02. The van der Waals surface area contributed by atoms with E-state index < -0.39 is 23.4 Å². The Balaban J connectivity index is 1.06. The molecule has 0 aromatic heterocycles. The quantitative estimate of drug-likeness (QED) is 0.683. The monoisotopic (exact) mass is 474 g/mol. The lowest BCUT2D eigenvalue weighted by atomic mass is 9.94. The average Bonchev–Trinajstić information content (AvgIpc) is 3.30. The highest BCUT2D eigenvalue weighted by atomic mass is 16.5. The maximum absolute atomic E-state index is 13.3. The first-order valence-corrected chi connectivity index (χ1v) is 12.6. The van der Waals surface area contributed by atoms with Crippen molar-refractivity contribution < 1.29 is 24.2 Å². The van der Waals surface area contributed by atoms with Crippen molar-refractivity contribution in [1.29, 1.82) is 0 Å². The maximum atomic E-state index is 13.3. The highest BCUT2D eigenvalue weighted by Gasteiger charge is 2.66. The first-order chi connectivity index (χ1) is 17.0. The third-order valence-electron chi connectivity index (χ3n) is 8.56. The van der Waals surface area contributed by atoms with Crippen LogP contribution in [-0.4, -0.2) is 53.7 Å². The second-order valence-electron chi connectivity index (χ2n) is 10.6. The molecule has 182 valence electrons. The highest BCUT2D eigenvalue weighted by Crippen LogP contribution is 2.64. The summed E-state index contributed by atoms with van der Waals surface area (Å²) >= 11 is 0. The lowest BCUT2D eigenvalue weighted by molar-refractivity contribution is -0.147. The van der Waals surface area contributed by atoms with E-state index >= 15 is 0 Å². The third-order valence-corrected chi connectivity index (χ3v) is 8.56. The highest BCUT2D eigenvalue weighted by molar-refractivity contribution is 5.87. The molecule has 1 heterocycles. The number of piperidine rings is 1. The minimum absolute atomic E-state index is 0.0133. The zero-order valence-electron chi connectivity index (χ0n) is 19.6. The third kappa shape index (κ3) is 3.77. The molecule has 2 amide bonds. The zero-order valence-corrected chi connectivity index (χ0v) is 19.6. The average molecular weight is 475 g/mol. The van der Waals surface area contributed by atoms with Gasteiger partial charge >= 0.3 is 12.1 Å². The number of benzene rings is 2. The number of carbonyl (C=O) groups is 3. The summed E-state index contributed by atoms with van der Waals surface area (Å²) in [4.78, 5) is 39.1. The van der Waals surface area contributed by atoms with Crippen LogP contribution in [0.25, 0.3) is 11.1 Å². The molecular formula is C28H30N2O5. The van der Waals surface area contributed by atoms with Crippen molar-refractivity contribution in [1.82, 2.24) is 10.2 Å². The number of nitrogens with zero attached hydrogens (tertiary/aromatic N) is 1. The fraction of sp³-hybridized carbons (Fsp3) is 0.464. The number of amides is 2. The van der Waals surface area contributed by atoms with E-state index in [0.29, 0.717) is 25.9 Å². The van der Waals surface area contributed by atoms with Gasteiger partial charge in [0.2, 0.25) is 5.91 Å². The van der Waals surface area contributed by atoms with Gasteiger partial charge in [0.15, 0.2) is 0 Å². The van der Waals surface area contributed by atoms with Gasteiger partial charge < -0.3 is 20.1 Å². The van der Waals surface area contributed by atoms with Crippen molar-refractivity contribution in [2.45, 2.75) is 44.1 Å². The SMILES string of the molecule is O=C(N[C@@H]1C[C@H]2C[C@@]2(C(=O)N2CCC[C@@H](C(=O)O)C2)C1)OCC1c2ccccc2-c2ccccc21. The van der Waals surface area contributed by atoms with E-state index in [1.165, 1.54) is 22.3 Å². The van der Waals surface area contributed by atoms with Gasteiger partial charge in [0.1, 0.15) is 6.61 Å². The summed E-state index contributed by atoms with van der Waals surface area (Å²) in [5, 5.41) is 12.4. The molecule has 2 saturated carbocycles. The Morgan fingerprint density at radius 1 is 1.03 bits per heavy atom. The molecule has 1 saturated heterocycles. The number of fused-ring (bicyclic) bond motifs is 4. The lowest BCUT2D eigenvalue weighted by Crippen LogP contribution is -2.46. The number of nitrogens with one attached hydrogen (secondary N) is 1. The number of hydrogen-bond donors (Lipinski definition) is 2. The van der Waals surface area contributed by atoms with Crippen molar-refractivity contribution in [2.24, 2.45) is 17.3 Å². The molecule has 6 rings (SSSR count). The van der Waals surface area contributed by atoms with E-state index in [4.69, 9.17) is 4.74 Å². The molecule has 0 unspecified atom stereocenters. The fourth-order valence-electron chi connectivity index (χ4n) is 6.75. The first kappa shape index (κ1) is 22.1. The summed E-state index contributed by atoms with van der Waals surface area (Å²) in [5.74, 6) is -0.949. The van der Waals surface area contributed by atoms with Gasteiger partial charge in [0.05, 0.1) is 11.3 Å². The summed E-state index contributed by atoms with van der Waals surface area (Å²) in [6.07, 6.45) is 3.13. The molecule has 2 N–H and O–H groups in total. The molecule has 1 aliphatic heterocycles. The molecule has 0 bridgehead atoms. The number of aliphatic carboxylic acids is 1. The van der Waals surface area contributed by atoms with Crippen LogP contribution in [0.4, 0.5) is 4.79 Å². The van der Waals surface area contributed by atoms with E-state index in [0.717, 1.165) is 19.3 Å². The number of carbonyl (C=O) groups excluding carboxylic acids is 2. The first-order valence-electron chi connectivity index (χ1n) is 12.6. The van der Waals surface area contributed by atoms with Gasteiger partial charge in [-0.3, -0.25) is 9.59 Å². The molecule has 4 aliphatic rings. The topological polar surface area (TPSA) is 95.9 Å². The second-order valence-corrected chi connectivity index (χ2v) is 10.6. The molecule has 35 heavy (non-hydrogen) atoms. The van der Waals surface area contributed by atoms with Gasteiger partial charge in [-0.25, -0.2) is 4.79 Å². The van der Waals surface area contributed by atoms with Gasteiger partial charge in [0.25, 0.3) is 0 Å². The van der Waals surface area contributed by atoms with Gasteiger partial charge in [-0.15, -0.1) is 0 Å². The maximum Gasteiger partial charge on any atom is 0.407 e. The minimum Gasteiger partial charge on any atom is -0.481 e. The molecule has 2 aromatic rings. The fourth-order valence-corrected chi connectivity index (χ4v) is 6.75. The number of carboxylic acids is 1. The van der Waals surface area contributed by atoms with Crippen LogP contribution in [0, 0.1) is 17.3 Å². The normalized spacial score (nSPS) is 28.6. The molecule has 4 atom stereocenters. The van der Waals surface area contributed by atoms with Crippen LogP contribution in [0.15, 0.2) is 48.5 Å². The Kier molecular flexibility index (Phi) is 5.31. The summed E-state index contributed by atoms with van der Waals surface area (Å²) in [6.45, 7) is 1.19.